The van der Waals surface area contributed by atoms with Crippen molar-refractivity contribution in [2.75, 3.05) is 52.4 Å². The molecule has 2 saturated heterocycles. The monoisotopic (exact) mass is 321 g/mol. The molecule has 0 amide bonds. The minimum absolute atomic E-state index is 0.159. The molecular weight excluding hydrogens is 293 g/mol. The molecule has 1 aromatic rings. The molecule has 128 valence electrons. The minimum atomic E-state index is -0.159. The molecule has 0 bridgehead atoms. The quantitative estimate of drug-likeness (QED) is 0.888. The number of piperidine rings is 1. The Labute approximate surface area is 138 Å². The van der Waals surface area contributed by atoms with Crippen molar-refractivity contribution in [3.05, 3.63) is 35.6 Å². The molecule has 2 fully saturated rings. The van der Waals surface area contributed by atoms with Crippen LogP contribution in [-0.2, 0) is 6.54 Å². The summed E-state index contributed by atoms with van der Waals surface area (Å²) in [7, 11) is 0. The summed E-state index contributed by atoms with van der Waals surface area (Å²) < 4.78 is 13.0. The summed E-state index contributed by atoms with van der Waals surface area (Å²) >= 11 is 0. The van der Waals surface area contributed by atoms with Crippen LogP contribution >= 0.6 is 0 Å². The predicted octanol–water partition coefficient (Wildman–Crippen LogP) is 1.40. The van der Waals surface area contributed by atoms with E-state index in [1.54, 1.807) is 12.1 Å². The lowest BCUT2D eigenvalue weighted by molar-refractivity contribution is 0.0516. The van der Waals surface area contributed by atoms with Gasteiger partial charge in [-0.15, -0.1) is 0 Å². The van der Waals surface area contributed by atoms with Crippen molar-refractivity contribution in [1.29, 1.82) is 0 Å². The Morgan fingerprint density at radius 3 is 2.17 bits per heavy atom. The van der Waals surface area contributed by atoms with Crippen molar-refractivity contribution < 1.29 is 9.50 Å². The van der Waals surface area contributed by atoms with Crippen LogP contribution in [0.3, 0.4) is 0 Å². The van der Waals surface area contributed by atoms with Crippen LogP contribution in [0, 0.1) is 5.82 Å². The third-order valence-corrected chi connectivity index (χ3v) is 5.22. The number of β-amino-alcohol motifs (C(OH)–C–C–N with tert-alkyl or cyclic N) is 1. The Balaban J connectivity index is 1.41. The molecule has 1 N–H and O–H groups in total. The Bertz CT molecular complexity index is 466. The summed E-state index contributed by atoms with van der Waals surface area (Å²) in [6.45, 7) is 8.67. The number of hydrogen-bond acceptors (Lipinski definition) is 4. The van der Waals surface area contributed by atoms with Gasteiger partial charge in [0.1, 0.15) is 5.82 Å². The number of aliphatic hydroxyl groups is 1. The molecule has 4 nitrogen and oxygen atoms in total. The van der Waals surface area contributed by atoms with Crippen LogP contribution in [0.25, 0.3) is 0 Å². The molecule has 0 atom stereocenters. The Morgan fingerprint density at radius 2 is 1.57 bits per heavy atom. The van der Waals surface area contributed by atoms with Crippen molar-refractivity contribution in [2.24, 2.45) is 0 Å². The second-order valence-corrected chi connectivity index (χ2v) is 6.74. The van der Waals surface area contributed by atoms with Gasteiger partial charge in [0.2, 0.25) is 0 Å². The normalized spacial score (nSPS) is 22.5. The number of likely N-dealkylation sites (tertiary alicyclic amines) is 1. The van der Waals surface area contributed by atoms with Crippen LogP contribution < -0.4 is 0 Å². The van der Waals surface area contributed by atoms with E-state index in [9.17, 15) is 4.39 Å². The van der Waals surface area contributed by atoms with Crippen molar-refractivity contribution in [3.63, 3.8) is 0 Å². The van der Waals surface area contributed by atoms with E-state index in [-0.39, 0.29) is 12.4 Å². The summed E-state index contributed by atoms with van der Waals surface area (Å²) in [5, 5.41) is 9.02. The van der Waals surface area contributed by atoms with Gasteiger partial charge in [-0.2, -0.15) is 0 Å². The second-order valence-electron chi connectivity index (χ2n) is 6.74. The van der Waals surface area contributed by atoms with E-state index in [4.69, 9.17) is 5.11 Å². The van der Waals surface area contributed by atoms with Gasteiger partial charge in [0.15, 0.2) is 0 Å². The van der Waals surface area contributed by atoms with Crippen molar-refractivity contribution in [2.45, 2.75) is 25.4 Å². The first-order valence-electron chi connectivity index (χ1n) is 8.78. The molecule has 23 heavy (non-hydrogen) atoms. The first-order chi connectivity index (χ1) is 11.2. The highest BCUT2D eigenvalue weighted by Gasteiger charge is 2.27. The maximum atomic E-state index is 13.0. The number of benzene rings is 1. The van der Waals surface area contributed by atoms with Gasteiger partial charge in [0, 0.05) is 45.3 Å². The van der Waals surface area contributed by atoms with Crippen LogP contribution in [0.4, 0.5) is 4.39 Å². The van der Waals surface area contributed by atoms with E-state index in [0.717, 1.165) is 52.4 Å². The van der Waals surface area contributed by atoms with Gasteiger partial charge < -0.3 is 5.11 Å². The van der Waals surface area contributed by atoms with Gasteiger partial charge in [-0.05, 0) is 43.6 Å². The highest BCUT2D eigenvalue weighted by molar-refractivity contribution is 5.16. The fourth-order valence-electron chi connectivity index (χ4n) is 3.78. The van der Waals surface area contributed by atoms with E-state index < -0.39 is 0 Å². The number of aliphatic hydroxyl groups excluding tert-OH is 1. The molecule has 0 aliphatic carbocycles. The third kappa shape index (κ3) is 4.73. The Morgan fingerprint density at radius 1 is 0.913 bits per heavy atom. The highest BCUT2D eigenvalue weighted by atomic mass is 19.1. The Kier molecular flexibility index (Phi) is 6.00. The molecule has 0 spiro atoms. The van der Waals surface area contributed by atoms with Gasteiger partial charge in [-0.1, -0.05) is 12.1 Å². The number of piperazine rings is 1. The van der Waals surface area contributed by atoms with Crippen molar-refractivity contribution in [1.82, 2.24) is 14.7 Å². The predicted molar refractivity (Wildman–Crippen MR) is 89.8 cm³/mol. The molecule has 2 heterocycles. The smallest absolute Gasteiger partial charge is 0.123 e. The van der Waals surface area contributed by atoms with Crippen LogP contribution in [0.5, 0.6) is 0 Å². The zero-order valence-electron chi connectivity index (χ0n) is 13.8. The fraction of sp³-hybridized carbons (Fsp3) is 0.667. The lowest BCUT2D eigenvalue weighted by Gasteiger charge is -2.42. The maximum absolute atomic E-state index is 13.0. The molecule has 1 aromatic carbocycles. The van der Waals surface area contributed by atoms with Crippen molar-refractivity contribution in [3.8, 4) is 0 Å². The van der Waals surface area contributed by atoms with Gasteiger partial charge >= 0.3 is 0 Å². The summed E-state index contributed by atoms with van der Waals surface area (Å²) in [5.74, 6) is -0.159. The average Bonchev–Trinajstić information content (AvgIpc) is 2.59. The second kappa shape index (κ2) is 8.20. The average molecular weight is 321 g/mol. The maximum Gasteiger partial charge on any atom is 0.123 e. The zero-order chi connectivity index (χ0) is 16.1. The molecule has 0 unspecified atom stereocenters. The largest absolute Gasteiger partial charge is 0.395 e. The van der Waals surface area contributed by atoms with E-state index in [2.05, 4.69) is 14.7 Å². The lowest BCUT2D eigenvalue weighted by atomic mass is 10.0. The van der Waals surface area contributed by atoms with Crippen LogP contribution in [0.15, 0.2) is 24.3 Å². The number of hydrogen-bond donors (Lipinski definition) is 1. The summed E-state index contributed by atoms with van der Waals surface area (Å²) in [5.41, 5.74) is 1.20. The van der Waals surface area contributed by atoms with Gasteiger partial charge in [-0.3, -0.25) is 14.7 Å². The van der Waals surface area contributed by atoms with E-state index in [1.807, 2.05) is 12.1 Å². The molecular formula is C18H28FN3O. The van der Waals surface area contributed by atoms with E-state index in [1.165, 1.54) is 18.4 Å². The minimum Gasteiger partial charge on any atom is -0.395 e. The molecule has 2 aliphatic rings. The number of nitrogens with zero attached hydrogens (tertiary/aromatic N) is 3. The SMILES string of the molecule is OCCN1CCN(C2CCN(Cc3ccc(F)cc3)CC2)CC1. The van der Waals surface area contributed by atoms with Crippen LogP contribution in [0.2, 0.25) is 0 Å². The van der Waals surface area contributed by atoms with Gasteiger partial charge in [-0.25, -0.2) is 4.39 Å². The van der Waals surface area contributed by atoms with Gasteiger partial charge in [0.05, 0.1) is 6.61 Å². The number of halogens is 1. The van der Waals surface area contributed by atoms with Crippen LogP contribution in [-0.4, -0.2) is 78.3 Å². The summed E-state index contributed by atoms with van der Waals surface area (Å²) in [6, 6.07) is 7.58. The van der Waals surface area contributed by atoms with E-state index in [0.29, 0.717) is 6.04 Å². The van der Waals surface area contributed by atoms with Gasteiger partial charge in [0.25, 0.3) is 0 Å². The van der Waals surface area contributed by atoms with Crippen molar-refractivity contribution >= 4 is 0 Å². The molecule has 3 rings (SSSR count). The molecule has 0 aromatic heterocycles. The first kappa shape index (κ1) is 16.8. The van der Waals surface area contributed by atoms with E-state index >= 15 is 0 Å². The Hall–Kier alpha value is -1.01. The number of rotatable bonds is 5. The molecule has 0 saturated carbocycles. The molecule has 0 radical (unpaired) electrons. The fourth-order valence-corrected chi connectivity index (χ4v) is 3.78. The topological polar surface area (TPSA) is 30.0 Å². The lowest BCUT2D eigenvalue weighted by Crippen LogP contribution is -2.53. The van der Waals surface area contributed by atoms with Crippen LogP contribution in [0.1, 0.15) is 18.4 Å². The first-order valence-corrected chi connectivity index (χ1v) is 8.78. The highest BCUT2D eigenvalue weighted by Crippen LogP contribution is 2.20. The zero-order valence-corrected chi connectivity index (χ0v) is 13.8. The summed E-state index contributed by atoms with van der Waals surface area (Å²) in [6.07, 6.45) is 2.45. The molecule has 2 aliphatic heterocycles. The standard InChI is InChI=1S/C18H28FN3O/c19-17-3-1-16(2-4-17)15-21-7-5-18(6-8-21)22-11-9-20(10-12-22)13-14-23/h1-4,18,23H,5-15H2. The summed E-state index contributed by atoms with van der Waals surface area (Å²) in [4.78, 5) is 7.45. The third-order valence-electron chi connectivity index (χ3n) is 5.22. The molecule has 5 heteroatoms.